The molecule has 0 spiro atoms. The first-order valence-corrected chi connectivity index (χ1v) is 4.25. The zero-order valence-electron chi connectivity index (χ0n) is 9.07. The van der Waals surface area contributed by atoms with Crippen molar-refractivity contribution < 1.29 is 12.4 Å². The first-order valence-electron chi connectivity index (χ1n) is 4.25. The molecule has 0 nitrogen and oxygen atoms in total. The number of halogens is 1. The molecule has 0 heterocycles. The molecule has 0 aromatic rings. The Hall–Kier alpha value is 1.21. The van der Waals surface area contributed by atoms with Gasteiger partial charge in [-0.15, -0.1) is 6.92 Å². The average Bonchev–Trinajstić information content (AvgIpc) is 1.97. The third-order valence-electron chi connectivity index (χ3n) is 1.68. The summed E-state index contributed by atoms with van der Waals surface area (Å²) in [5.41, 5.74) is 2.81. The molecule has 0 amide bonds. The molecule has 0 aliphatic heterocycles. The van der Waals surface area contributed by atoms with Crippen LogP contribution in [0, 0.1) is 6.92 Å². The van der Waals surface area contributed by atoms with Gasteiger partial charge in [-0.3, -0.25) is 0 Å². The monoisotopic (exact) mass is 324 g/mol. The van der Waals surface area contributed by atoms with Crippen LogP contribution in [0.3, 0.4) is 0 Å². The van der Waals surface area contributed by atoms with Crippen molar-refractivity contribution in [3.63, 3.8) is 0 Å². The van der Waals surface area contributed by atoms with Gasteiger partial charge in [0.25, 0.3) is 0 Å². The first kappa shape index (κ1) is 19.7. The van der Waals surface area contributed by atoms with Gasteiger partial charge in [-0.25, -0.2) is 18.6 Å². The van der Waals surface area contributed by atoms with E-state index in [-0.39, 0.29) is 61.3 Å². The van der Waals surface area contributed by atoms with E-state index in [1.54, 1.807) is 0 Å². The Bertz CT molecular complexity index is 155. The van der Waals surface area contributed by atoms with Crippen molar-refractivity contribution in [3.8, 4) is 0 Å². The fourth-order valence-corrected chi connectivity index (χ4v) is 0.874. The summed E-state index contributed by atoms with van der Waals surface area (Å²) in [6.07, 6.45) is 7.88. The molecule has 0 aliphatic rings. The Morgan fingerprint density at radius 2 is 1.77 bits per heavy atom. The minimum atomic E-state index is 0. The molecule has 0 aliphatic carbocycles. The maximum Gasteiger partial charge on any atom is 2.00 e. The molecule has 0 aromatic carbocycles. The van der Waals surface area contributed by atoms with E-state index in [1.807, 2.05) is 6.08 Å². The maximum absolute atomic E-state index is 3.72. The van der Waals surface area contributed by atoms with Gasteiger partial charge in [-0.1, -0.05) is 24.5 Å². The Morgan fingerprint density at radius 1 is 1.23 bits per heavy atom. The molecule has 0 aromatic heterocycles. The second-order valence-electron chi connectivity index (χ2n) is 3.22. The van der Waals surface area contributed by atoms with Crippen molar-refractivity contribution >= 4 is 48.9 Å². The van der Waals surface area contributed by atoms with Crippen molar-refractivity contribution in [1.29, 1.82) is 0 Å². The van der Waals surface area contributed by atoms with Crippen LogP contribution in [0.15, 0.2) is 23.3 Å². The van der Waals surface area contributed by atoms with Crippen molar-refractivity contribution in [1.82, 2.24) is 0 Å². The van der Waals surface area contributed by atoms with Crippen LogP contribution in [0.25, 0.3) is 0 Å². The van der Waals surface area contributed by atoms with Crippen LogP contribution in [0.1, 0.15) is 40.0 Å². The van der Waals surface area contributed by atoms with Crippen LogP contribution in [0.2, 0.25) is 0 Å². The zero-order chi connectivity index (χ0) is 8.69. The molecule has 0 fully saturated rings. The summed E-state index contributed by atoms with van der Waals surface area (Å²) in [4.78, 5) is 0. The molecule has 0 bridgehead atoms. The molecule has 0 unspecified atom stereocenters. The second kappa shape index (κ2) is 13.2. The summed E-state index contributed by atoms with van der Waals surface area (Å²) in [7, 11) is 0. The second-order valence-corrected chi connectivity index (χ2v) is 3.22. The molecule has 13 heavy (non-hydrogen) atoms. The SMILES string of the molecule is [Ba+2].[CH2-]/C=C(/C)CCCC=C(C)C.[Cl-]. The van der Waals surface area contributed by atoms with Crippen LogP contribution >= 0.6 is 0 Å². The summed E-state index contributed by atoms with van der Waals surface area (Å²) in [6.45, 7) is 10.1. The van der Waals surface area contributed by atoms with Crippen LogP contribution < -0.4 is 12.4 Å². The van der Waals surface area contributed by atoms with Crippen molar-refractivity contribution in [2.75, 3.05) is 0 Å². The largest absolute Gasteiger partial charge is 2.00 e. The molecular weight excluding hydrogens is 305 g/mol. The van der Waals surface area contributed by atoms with Crippen molar-refractivity contribution in [3.05, 3.63) is 30.2 Å². The standard InChI is InChI=1S/C11H19.Ba.ClH/c1-5-11(4)9-7-6-8-10(2)3;;/h5,8H,1,6-7,9H2,2-4H3;;1H/q-1;+2;/p-1/b11-5-;;. The van der Waals surface area contributed by atoms with Crippen LogP contribution in [-0.4, -0.2) is 48.9 Å². The van der Waals surface area contributed by atoms with Crippen LogP contribution in [0.4, 0.5) is 0 Å². The molecule has 2 heteroatoms. The summed E-state index contributed by atoms with van der Waals surface area (Å²) < 4.78 is 0. The van der Waals surface area contributed by atoms with Gasteiger partial charge in [0.1, 0.15) is 0 Å². The van der Waals surface area contributed by atoms with E-state index in [0.29, 0.717) is 0 Å². The summed E-state index contributed by atoms with van der Waals surface area (Å²) in [5, 5.41) is 0. The van der Waals surface area contributed by atoms with Gasteiger partial charge in [0, 0.05) is 0 Å². The molecule has 0 radical (unpaired) electrons. The van der Waals surface area contributed by atoms with E-state index in [1.165, 1.54) is 30.4 Å². The Balaban J connectivity index is -0.000000500. The summed E-state index contributed by atoms with van der Waals surface area (Å²) in [5.74, 6) is 0. The molecule has 0 atom stereocenters. The smallest absolute Gasteiger partial charge is 1.00 e. The number of hydrogen-bond acceptors (Lipinski definition) is 0. The van der Waals surface area contributed by atoms with E-state index in [9.17, 15) is 0 Å². The van der Waals surface area contributed by atoms with Gasteiger partial charge in [0.2, 0.25) is 0 Å². The predicted octanol–water partition coefficient (Wildman–Crippen LogP) is 0.526. The molecule has 0 saturated carbocycles. The minimum absolute atomic E-state index is 0. The first-order chi connectivity index (χ1) is 5.16. The fraction of sp³-hybridized carbons (Fsp3) is 0.545. The van der Waals surface area contributed by atoms with Crippen molar-refractivity contribution in [2.45, 2.75) is 40.0 Å². The minimum Gasteiger partial charge on any atom is -1.00 e. The van der Waals surface area contributed by atoms with Gasteiger partial charge in [0.05, 0.1) is 0 Å². The fourth-order valence-electron chi connectivity index (χ4n) is 0.874. The van der Waals surface area contributed by atoms with Gasteiger partial charge in [-0.2, -0.15) is 0 Å². The van der Waals surface area contributed by atoms with Crippen molar-refractivity contribution in [2.24, 2.45) is 0 Å². The van der Waals surface area contributed by atoms with Gasteiger partial charge in [-0.05, 0) is 20.3 Å². The number of rotatable bonds is 4. The third kappa shape index (κ3) is 15.9. The number of hydrogen-bond donors (Lipinski definition) is 0. The van der Waals surface area contributed by atoms with E-state index < -0.39 is 0 Å². The average molecular weight is 324 g/mol. The Labute approximate surface area is 130 Å². The third-order valence-corrected chi connectivity index (χ3v) is 1.68. The molecule has 0 rings (SSSR count). The van der Waals surface area contributed by atoms with Crippen LogP contribution in [-0.2, 0) is 0 Å². The topological polar surface area (TPSA) is 0 Å². The number of unbranched alkanes of at least 4 members (excludes halogenated alkanes) is 1. The van der Waals surface area contributed by atoms with E-state index in [2.05, 4.69) is 33.8 Å². The number of allylic oxidation sites excluding steroid dienone is 4. The predicted molar refractivity (Wildman–Crippen MR) is 58.2 cm³/mol. The Kier molecular flexibility index (Phi) is 20.1. The van der Waals surface area contributed by atoms with E-state index in [4.69, 9.17) is 0 Å². The normalized spacial score (nSPS) is 9.62. The summed E-state index contributed by atoms with van der Waals surface area (Å²) in [6, 6.07) is 0. The molecular formula is C11H19BaCl. The molecule has 0 saturated heterocycles. The quantitative estimate of drug-likeness (QED) is 0.306. The van der Waals surface area contributed by atoms with Gasteiger partial charge in [0.15, 0.2) is 0 Å². The zero-order valence-corrected chi connectivity index (χ0v) is 14.3. The van der Waals surface area contributed by atoms with Crippen LogP contribution in [0.5, 0.6) is 0 Å². The molecule has 72 valence electrons. The van der Waals surface area contributed by atoms with Gasteiger partial charge >= 0.3 is 48.9 Å². The van der Waals surface area contributed by atoms with E-state index >= 15 is 0 Å². The van der Waals surface area contributed by atoms with E-state index in [0.717, 1.165) is 0 Å². The van der Waals surface area contributed by atoms with Gasteiger partial charge < -0.3 is 12.4 Å². The summed E-state index contributed by atoms with van der Waals surface area (Å²) >= 11 is 0. The Morgan fingerprint density at radius 3 is 2.15 bits per heavy atom. The molecule has 0 N–H and O–H groups in total. The maximum atomic E-state index is 3.72.